The molecular formula is C22H35N3O11. The van der Waals surface area contributed by atoms with Crippen LogP contribution in [0.5, 0.6) is 0 Å². The van der Waals surface area contributed by atoms with Gasteiger partial charge in [0.25, 0.3) is 17.7 Å². The third kappa shape index (κ3) is 8.72. The highest BCUT2D eigenvalue weighted by molar-refractivity contribution is 6.12. The van der Waals surface area contributed by atoms with E-state index >= 15 is 0 Å². The van der Waals surface area contributed by atoms with Crippen molar-refractivity contribution < 1.29 is 54.6 Å². The fraction of sp³-hybridized carbons (Fsp3) is 0.682. The zero-order valence-electron chi connectivity index (χ0n) is 19.8. The van der Waals surface area contributed by atoms with Gasteiger partial charge in [-0.25, -0.2) is 4.79 Å². The molecular weight excluding hydrogens is 482 g/mol. The normalized spacial score (nSPS) is 18.4. The number of nitrogens with one attached hydrogen (secondary N) is 1. The number of imide groups is 1. The second-order valence-corrected chi connectivity index (χ2v) is 8.60. The van der Waals surface area contributed by atoms with Crippen molar-refractivity contribution in [2.24, 2.45) is 5.73 Å². The van der Waals surface area contributed by atoms with E-state index in [4.69, 9.17) is 10.8 Å². The van der Waals surface area contributed by atoms with Gasteiger partial charge < -0.3 is 41.7 Å². The van der Waals surface area contributed by atoms with E-state index in [1.54, 1.807) is 0 Å². The van der Waals surface area contributed by atoms with E-state index < -0.39 is 66.0 Å². The Morgan fingerprint density at radius 3 is 2.11 bits per heavy atom. The smallest absolute Gasteiger partial charge is 0.331 e. The molecule has 0 bridgehead atoms. The topological polar surface area (TPSA) is 248 Å². The average Bonchev–Trinajstić information content (AvgIpc) is 3.17. The molecule has 0 saturated carbocycles. The summed E-state index contributed by atoms with van der Waals surface area (Å²) in [7, 11) is 0. The van der Waals surface area contributed by atoms with E-state index in [1.807, 2.05) is 0 Å². The summed E-state index contributed by atoms with van der Waals surface area (Å²) in [6.45, 7) is -0.758. The fourth-order valence-electron chi connectivity index (χ4n) is 3.49. The van der Waals surface area contributed by atoms with Gasteiger partial charge in [-0.2, -0.15) is 0 Å². The van der Waals surface area contributed by atoms with Crippen molar-refractivity contribution in [2.75, 3.05) is 19.7 Å². The lowest BCUT2D eigenvalue weighted by molar-refractivity contribution is -0.150. The van der Waals surface area contributed by atoms with Crippen molar-refractivity contribution in [3.05, 3.63) is 12.2 Å². The number of aliphatic carboxylic acids is 1. The van der Waals surface area contributed by atoms with Crippen molar-refractivity contribution in [2.45, 2.75) is 74.9 Å². The summed E-state index contributed by atoms with van der Waals surface area (Å²) in [5.41, 5.74) is 3.72. The lowest BCUT2D eigenvalue weighted by Gasteiger charge is -2.25. The van der Waals surface area contributed by atoms with Crippen molar-refractivity contribution >= 4 is 29.5 Å². The van der Waals surface area contributed by atoms with E-state index in [0.717, 1.165) is 4.90 Å². The number of hydrogen-bond acceptors (Lipinski definition) is 11. The predicted molar refractivity (Wildman–Crippen MR) is 122 cm³/mol. The number of carbonyl (C=O) groups is 5. The molecule has 36 heavy (non-hydrogen) atoms. The number of ketones is 1. The number of carboxylic acids is 1. The third-order valence-corrected chi connectivity index (χ3v) is 5.89. The van der Waals surface area contributed by atoms with Gasteiger partial charge in [0, 0.05) is 31.7 Å². The fourth-order valence-corrected chi connectivity index (χ4v) is 3.49. The summed E-state index contributed by atoms with van der Waals surface area (Å²) in [6.07, 6.45) is -4.28. The van der Waals surface area contributed by atoms with Crippen molar-refractivity contribution in [3.63, 3.8) is 0 Å². The van der Waals surface area contributed by atoms with Crippen molar-refractivity contribution in [1.82, 2.24) is 10.2 Å². The van der Waals surface area contributed by atoms with Crippen LogP contribution < -0.4 is 11.1 Å². The Hall–Kier alpha value is -2.75. The SMILES string of the molecule is N[C@@](CCCCNC(=O)C(O)[C@@H](O)[C@H](O)[C@H](O)CO)(C(=O)O)C(=O)CCCCCN1C(=O)C=CC1=O. The number of amides is 3. The molecule has 204 valence electrons. The Morgan fingerprint density at radius 1 is 0.944 bits per heavy atom. The van der Waals surface area contributed by atoms with Gasteiger partial charge in [0.1, 0.15) is 18.3 Å². The molecule has 1 rings (SSSR count). The maximum atomic E-state index is 12.5. The third-order valence-electron chi connectivity index (χ3n) is 5.89. The molecule has 1 heterocycles. The van der Waals surface area contributed by atoms with Crippen LogP contribution in [0.1, 0.15) is 44.9 Å². The monoisotopic (exact) mass is 517 g/mol. The second-order valence-electron chi connectivity index (χ2n) is 8.60. The van der Waals surface area contributed by atoms with Crippen LogP contribution in [0.3, 0.4) is 0 Å². The highest BCUT2D eigenvalue weighted by atomic mass is 16.4. The van der Waals surface area contributed by atoms with E-state index in [0.29, 0.717) is 19.3 Å². The van der Waals surface area contributed by atoms with Crippen LogP contribution in [0.4, 0.5) is 0 Å². The van der Waals surface area contributed by atoms with Gasteiger partial charge in [0.2, 0.25) is 0 Å². The first-order valence-corrected chi connectivity index (χ1v) is 11.6. The lowest BCUT2D eigenvalue weighted by Crippen LogP contribution is -2.55. The molecule has 3 amide bonds. The van der Waals surface area contributed by atoms with Gasteiger partial charge in [-0.3, -0.25) is 24.1 Å². The largest absolute Gasteiger partial charge is 0.480 e. The maximum Gasteiger partial charge on any atom is 0.331 e. The molecule has 0 spiro atoms. The summed E-state index contributed by atoms with van der Waals surface area (Å²) in [6, 6.07) is 0. The number of carboxylic acid groups (broad SMARTS) is 1. The standard InChI is InChI=1S/C22H35N3O11/c23-22(21(35)36,14(28)6-2-1-5-11-25-15(29)7-8-16(25)30)9-3-4-10-24-20(34)19(33)18(32)17(31)13(27)12-26/h7-8,13,17-19,26-27,31-33H,1-6,9-12,23H2,(H,24,34)(H,35,36)/t13-,17-,18+,19?,22-/m1/s1. The number of aliphatic hydroxyl groups excluding tert-OH is 5. The first kappa shape index (κ1) is 31.3. The van der Waals surface area contributed by atoms with Crippen molar-refractivity contribution in [3.8, 4) is 0 Å². The number of carbonyl (C=O) groups excluding carboxylic acids is 4. The lowest BCUT2D eigenvalue weighted by atomic mass is 9.86. The second kappa shape index (κ2) is 14.7. The number of nitrogens with zero attached hydrogens (tertiary/aromatic N) is 1. The predicted octanol–water partition coefficient (Wildman–Crippen LogP) is -3.45. The maximum absolute atomic E-state index is 12.5. The summed E-state index contributed by atoms with van der Waals surface area (Å²) >= 11 is 0. The molecule has 14 nitrogen and oxygen atoms in total. The molecule has 0 aromatic carbocycles. The van der Waals surface area contributed by atoms with Crippen LogP contribution in [0.25, 0.3) is 0 Å². The van der Waals surface area contributed by atoms with Crippen LogP contribution in [-0.4, -0.2) is 115 Å². The minimum atomic E-state index is -2.13. The van der Waals surface area contributed by atoms with Crippen LogP contribution in [0, 0.1) is 0 Å². The van der Waals surface area contributed by atoms with Gasteiger partial charge in [0.05, 0.1) is 6.61 Å². The van der Waals surface area contributed by atoms with Gasteiger partial charge in [-0.15, -0.1) is 0 Å². The minimum Gasteiger partial charge on any atom is -0.480 e. The van der Waals surface area contributed by atoms with E-state index in [9.17, 15) is 49.5 Å². The summed E-state index contributed by atoms with van der Waals surface area (Å²) in [4.78, 5) is 60.0. The Balaban J connectivity index is 2.37. The molecule has 14 heteroatoms. The number of rotatable bonds is 18. The molecule has 1 unspecified atom stereocenters. The van der Waals surface area contributed by atoms with E-state index in [-0.39, 0.29) is 38.8 Å². The molecule has 0 saturated heterocycles. The van der Waals surface area contributed by atoms with E-state index in [2.05, 4.69) is 5.32 Å². The van der Waals surface area contributed by atoms with Crippen molar-refractivity contribution in [1.29, 1.82) is 0 Å². The molecule has 0 aromatic heterocycles. The van der Waals surface area contributed by atoms with E-state index in [1.165, 1.54) is 12.2 Å². The van der Waals surface area contributed by atoms with Gasteiger partial charge in [-0.1, -0.05) is 6.42 Å². The number of unbranched alkanes of at least 4 members (excludes halogenated alkanes) is 3. The molecule has 0 aliphatic carbocycles. The zero-order chi connectivity index (χ0) is 27.5. The van der Waals surface area contributed by atoms with Crippen LogP contribution in [0.2, 0.25) is 0 Å². The molecule has 1 aliphatic heterocycles. The van der Waals surface area contributed by atoms with Crippen LogP contribution in [0.15, 0.2) is 12.2 Å². The first-order chi connectivity index (χ1) is 16.9. The summed E-state index contributed by atoms with van der Waals surface area (Å²) in [5.74, 6) is -4.03. The minimum absolute atomic E-state index is 0.0616. The van der Waals surface area contributed by atoms with Gasteiger partial charge in [0.15, 0.2) is 17.4 Å². The summed E-state index contributed by atoms with van der Waals surface area (Å²) < 4.78 is 0. The summed E-state index contributed by atoms with van der Waals surface area (Å²) in [5, 5.41) is 58.7. The molecule has 0 radical (unpaired) electrons. The Bertz CT molecular complexity index is 816. The molecule has 9 N–H and O–H groups in total. The molecule has 5 atom stereocenters. The zero-order valence-corrected chi connectivity index (χ0v) is 19.8. The number of Topliss-reactive ketones (excluding diaryl/α,β-unsaturated/α-hetero) is 1. The number of aliphatic hydroxyl groups is 5. The van der Waals surface area contributed by atoms with Crippen LogP contribution >= 0.6 is 0 Å². The highest BCUT2D eigenvalue weighted by Crippen LogP contribution is 2.18. The Morgan fingerprint density at radius 2 is 1.56 bits per heavy atom. The van der Waals surface area contributed by atoms with Crippen LogP contribution in [-0.2, 0) is 24.0 Å². The Labute approximate surface area is 207 Å². The molecule has 1 aliphatic rings. The quantitative estimate of drug-likeness (QED) is 0.0502. The molecule has 0 aromatic rings. The number of nitrogens with two attached hydrogens (primary N) is 1. The Kier molecular flexibility index (Phi) is 12.8. The van der Waals surface area contributed by atoms with Gasteiger partial charge >= 0.3 is 5.97 Å². The van der Waals surface area contributed by atoms with Gasteiger partial charge in [-0.05, 0) is 32.1 Å². The first-order valence-electron chi connectivity index (χ1n) is 11.6. The molecule has 0 fully saturated rings. The average molecular weight is 518 g/mol. The highest BCUT2D eigenvalue weighted by Gasteiger charge is 2.40. The number of hydrogen-bond donors (Lipinski definition) is 8.